The fourth-order valence-corrected chi connectivity index (χ4v) is 2.07. The average molecular weight is 292 g/mol. The second kappa shape index (κ2) is 7.43. The van der Waals surface area contributed by atoms with Crippen LogP contribution in [0.5, 0.6) is 5.75 Å². The highest BCUT2D eigenvalue weighted by Crippen LogP contribution is 2.36. The van der Waals surface area contributed by atoms with E-state index in [1.165, 1.54) is 12.1 Å². The Hall–Kier alpha value is -1.17. The number of hydrogen-bond acceptors (Lipinski definition) is 3. The monoisotopic (exact) mass is 292 g/mol. The van der Waals surface area contributed by atoms with E-state index in [0.717, 1.165) is 17.6 Å². The van der Waals surface area contributed by atoms with Gasteiger partial charge in [-0.25, -0.2) is 0 Å². The molecule has 0 spiro atoms. The summed E-state index contributed by atoms with van der Waals surface area (Å²) in [6, 6.07) is 3.32. The molecule has 0 saturated carbocycles. The van der Waals surface area contributed by atoms with Crippen LogP contribution in [0.25, 0.3) is 0 Å². The van der Waals surface area contributed by atoms with E-state index in [4.69, 9.17) is 4.74 Å². The van der Waals surface area contributed by atoms with Gasteiger partial charge in [0.05, 0.1) is 12.2 Å². The minimum atomic E-state index is -4.52. The standard InChI is InChI=1S/C13H15F3O2S/c1-2-19-7-3-6-18-12-5-4-10(9-17)8-11(12)13(14,15)16/h4-5,8-9H,2-3,6-7H2,1H3. The molecule has 0 saturated heterocycles. The second-order valence-corrected chi connectivity index (χ2v) is 5.16. The Kier molecular flexibility index (Phi) is 6.21. The van der Waals surface area contributed by atoms with E-state index >= 15 is 0 Å². The normalized spacial score (nSPS) is 11.4. The van der Waals surface area contributed by atoms with Crippen molar-refractivity contribution in [3.05, 3.63) is 29.3 Å². The molecule has 0 aliphatic heterocycles. The molecule has 0 aliphatic rings. The molecule has 0 heterocycles. The molecule has 1 aromatic carbocycles. The first-order chi connectivity index (χ1) is 8.99. The maximum Gasteiger partial charge on any atom is 0.419 e. The Morgan fingerprint density at radius 2 is 2.11 bits per heavy atom. The molecule has 0 amide bonds. The molecule has 0 aromatic heterocycles. The first-order valence-electron chi connectivity index (χ1n) is 5.86. The van der Waals surface area contributed by atoms with Crippen molar-refractivity contribution in [2.45, 2.75) is 19.5 Å². The van der Waals surface area contributed by atoms with Gasteiger partial charge in [0.25, 0.3) is 0 Å². The van der Waals surface area contributed by atoms with Crippen LogP contribution in [0.3, 0.4) is 0 Å². The van der Waals surface area contributed by atoms with E-state index in [1.54, 1.807) is 11.8 Å². The van der Waals surface area contributed by atoms with Crippen LogP contribution in [0, 0.1) is 0 Å². The van der Waals surface area contributed by atoms with E-state index in [9.17, 15) is 18.0 Å². The topological polar surface area (TPSA) is 26.3 Å². The molecule has 0 atom stereocenters. The third kappa shape index (κ3) is 5.14. The third-order valence-electron chi connectivity index (χ3n) is 2.34. The lowest BCUT2D eigenvalue weighted by Crippen LogP contribution is -2.10. The SMILES string of the molecule is CCSCCCOc1ccc(C=O)cc1C(F)(F)F. The molecule has 0 bridgehead atoms. The first kappa shape index (κ1) is 15.9. The second-order valence-electron chi connectivity index (χ2n) is 3.77. The molecule has 1 aromatic rings. The van der Waals surface area contributed by atoms with Gasteiger partial charge in [-0.1, -0.05) is 6.92 Å². The van der Waals surface area contributed by atoms with Gasteiger partial charge in [0.1, 0.15) is 12.0 Å². The van der Waals surface area contributed by atoms with Gasteiger partial charge in [-0.3, -0.25) is 4.79 Å². The number of carbonyl (C=O) groups excluding carboxylic acids is 1. The molecule has 0 fully saturated rings. The number of alkyl halides is 3. The molecule has 2 nitrogen and oxygen atoms in total. The van der Waals surface area contributed by atoms with Crippen molar-refractivity contribution in [2.24, 2.45) is 0 Å². The Balaban J connectivity index is 2.74. The fraction of sp³-hybridized carbons (Fsp3) is 0.462. The van der Waals surface area contributed by atoms with Crippen molar-refractivity contribution in [3.8, 4) is 5.75 Å². The van der Waals surface area contributed by atoms with E-state index in [1.807, 2.05) is 6.92 Å². The smallest absolute Gasteiger partial charge is 0.419 e. The Morgan fingerprint density at radius 1 is 1.37 bits per heavy atom. The van der Waals surface area contributed by atoms with Gasteiger partial charge in [-0.15, -0.1) is 0 Å². The van der Waals surface area contributed by atoms with Gasteiger partial charge >= 0.3 is 6.18 Å². The maximum absolute atomic E-state index is 12.8. The number of halogens is 3. The summed E-state index contributed by atoms with van der Waals surface area (Å²) in [7, 11) is 0. The first-order valence-corrected chi connectivity index (χ1v) is 7.01. The summed E-state index contributed by atoms with van der Waals surface area (Å²) in [5, 5.41) is 0. The van der Waals surface area contributed by atoms with Crippen molar-refractivity contribution in [2.75, 3.05) is 18.1 Å². The van der Waals surface area contributed by atoms with Gasteiger partial charge in [-0.05, 0) is 36.1 Å². The van der Waals surface area contributed by atoms with Gasteiger partial charge in [0.2, 0.25) is 0 Å². The average Bonchev–Trinajstić information content (AvgIpc) is 2.37. The number of carbonyl (C=O) groups is 1. The summed E-state index contributed by atoms with van der Waals surface area (Å²) >= 11 is 1.71. The quantitative estimate of drug-likeness (QED) is 0.560. The lowest BCUT2D eigenvalue weighted by atomic mass is 10.1. The van der Waals surface area contributed by atoms with Crippen LogP contribution in [-0.2, 0) is 6.18 Å². The highest BCUT2D eigenvalue weighted by atomic mass is 32.2. The van der Waals surface area contributed by atoms with Crippen LogP contribution < -0.4 is 4.74 Å². The number of hydrogen-bond donors (Lipinski definition) is 0. The minimum Gasteiger partial charge on any atom is -0.493 e. The molecule has 0 aliphatic carbocycles. The predicted molar refractivity (Wildman–Crippen MR) is 69.9 cm³/mol. The van der Waals surface area contributed by atoms with Crippen LogP contribution in [0.1, 0.15) is 29.3 Å². The van der Waals surface area contributed by atoms with E-state index in [2.05, 4.69) is 0 Å². The van der Waals surface area contributed by atoms with Crippen LogP contribution in [0.4, 0.5) is 13.2 Å². The fourth-order valence-electron chi connectivity index (χ4n) is 1.46. The maximum atomic E-state index is 12.8. The Labute approximate surface area is 114 Å². The number of rotatable bonds is 7. The number of thioether (sulfide) groups is 1. The zero-order chi connectivity index (χ0) is 14.3. The van der Waals surface area contributed by atoms with Gasteiger partial charge < -0.3 is 4.74 Å². The molecule has 106 valence electrons. The molecule has 0 N–H and O–H groups in total. The zero-order valence-electron chi connectivity index (χ0n) is 10.5. The summed E-state index contributed by atoms with van der Waals surface area (Å²) in [5.41, 5.74) is -0.915. The third-order valence-corrected chi connectivity index (χ3v) is 3.33. The molecule has 1 rings (SSSR count). The Bertz CT molecular complexity index is 419. The van der Waals surface area contributed by atoms with Crippen LogP contribution in [0.2, 0.25) is 0 Å². The molecule has 0 unspecified atom stereocenters. The molecular formula is C13H15F3O2S. The summed E-state index contributed by atoms with van der Waals surface area (Å²) in [4.78, 5) is 10.5. The summed E-state index contributed by atoms with van der Waals surface area (Å²) in [6.45, 7) is 2.25. The number of aldehydes is 1. The van der Waals surface area contributed by atoms with Crippen molar-refractivity contribution >= 4 is 18.0 Å². The largest absolute Gasteiger partial charge is 0.493 e. The molecule has 19 heavy (non-hydrogen) atoms. The van der Waals surface area contributed by atoms with E-state index < -0.39 is 11.7 Å². The van der Waals surface area contributed by atoms with E-state index in [0.29, 0.717) is 12.7 Å². The van der Waals surface area contributed by atoms with Crippen LogP contribution in [0.15, 0.2) is 18.2 Å². The van der Waals surface area contributed by atoms with Crippen molar-refractivity contribution < 1.29 is 22.7 Å². The lowest BCUT2D eigenvalue weighted by Gasteiger charge is -2.14. The summed E-state index contributed by atoms with van der Waals surface area (Å²) in [6.07, 6.45) is -3.45. The molecule has 0 radical (unpaired) electrons. The summed E-state index contributed by atoms with van der Waals surface area (Å²) < 4.78 is 43.5. The number of ether oxygens (including phenoxy) is 1. The van der Waals surface area contributed by atoms with E-state index in [-0.39, 0.29) is 17.9 Å². The predicted octanol–water partition coefficient (Wildman–Crippen LogP) is 4.04. The number of benzene rings is 1. The summed E-state index contributed by atoms with van der Waals surface area (Å²) in [5.74, 6) is 1.60. The zero-order valence-corrected chi connectivity index (χ0v) is 11.3. The van der Waals surface area contributed by atoms with Crippen LogP contribution in [-0.4, -0.2) is 24.4 Å². The van der Waals surface area contributed by atoms with Gasteiger partial charge in [0, 0.05) is 5.56 Å². The highest BCUT2D eigenvalue weighted by molar-refractivity contribution is 7.99. The molecular weight excluding hydrogens is 277 g/mol. The van der Waals surface area contributed by atoms with Crippen molar-refractivity contribution in [1.82, 2.24) is 0 Å². The van der Waals surface area contributed by atoms with Gasteiger partial charge in [-0.2, -0.15) is 24.9 Å². The Morgan fingerprint density at radius 3 is 2.68 bits per heavy atom. The lowest BCUT2D eigenvalue weighted by molar-refractivity contribution is -0.138. The molecule has 6 heteroatoms. The minimum absolute atomic E-state index is 0.0128. The highest BCUT2D eigenvalue weighted by Gasteiger charge is 2.34. The van der Waals surface area contributed by atoms with Crippen molar-refractivity contribution in [1.29, 1.82) is 0 Å². The van der Waals surface area contributed by atoms with Crippen LogP contribution >= 0.6 is 11.8 Å². The van der Waals surface area contributed by atoms with Gasteiger partial charge in [0.15, 0.2) is 0 Å². The van der Waals surface area contributed by atoms with Crippen molar-refractivity contribution in [3.63, 3.8) is 0 Å².